The van der Waals surface area contributed by atoms with Crippen molar-refractivity contribution < 1.29 is 79.9 Å². The quantitative estimate of drug-likeness (QED) is 0.146. The first-order valence-electron chi connectivity index (χ1n) is 10.6. The number of hydrogen-bond donors (Lipinski definition) is 11. The molecule has 3 aliphatic heterocycles. The molecule has 0 spiro atoms. The Labute approximate surface area is 192 Å². The Morgan fingerprint density at radius 1 is 0.588 bits per heavy atom. The molecule has 0 aromatic rings. The summed E-state index contributed by atoms with van der Waals surface area (Å²) in [4.78, 5) is 0. The smallest absolute Gasteiger partial charge is 0.224 e. The highest BCUT2D eigenvalue weighted by Gasteiger charge is 2.59. The average Bonchev–Trinajstić information content (AvgIpc) is 3.08. The van der Waals surface area contributed by atoms with Crippen LogP contribution in [0, 0.1) is 0 Å². The van der Waals surface area contributed by atoms with E-state index in [4.69, 9.17) is 23.7 Å². The molecular weight excluding hydrogens is 472 g/mol. The summed E-state index contributed by atoms with van der Waals surface area (Å²) in [7, 11) is 0. The Bertz CT molecular complexity index is 653. The first-order chi connectivity index (χ1) is 16.0. The summed E-state index contributed by atoms with van der Waals surface area (Å²) in [6.07, 6.45) is -22.3. The van der Waals surface area contributed by atoms with Gasteiger partial charge in [-0.05, 0) is 0 Å². The van der Waals surface area contributed by atoms with Gasteiger partial charge in [0.1, 0.15) is 73.8 Å². The zero-order valence-corrected chi connectivity index (χ0v) is 17.8. The number of ether oxygens (including phenoxy) is 5. The molecule has 0 bridgehead atoms. The molecule has 34 heavy (non-hydrogen) atoms. The van der Waals surface area contributed by atoms with Gasteiger partial charge in [-0.3, -0.25) is 0 Å². The third-order valence-electron chi connectivity index (χ3n) is 6.18. The van der Waals surface area contributed by atoms with Gasteiger partial charge >= 0.3 is 0 Å². The monoisotopic (exact) mass is 504 g/mol. The summed E-state index contributed by atoms with van der Waals surface area (Å²) in [5.74, 6) is -2.38. The van der Waals surface area contributed by atoms with Gasteiger partial charge in [0.05, 0.1) is 19.8 Å². The highest BCUT2D eigenvalue weighted by atomic mass is 16.8. The molecule has 3 saturated heterocycles. The SMILES string of the molecule is OC[C@H]1O[C@H](O[C@@H]2[C@@H](O)[C@@H](O[C@]3(CO)O[C@H](CO)[C@@H](O)[C@@H]3O)O[C@H](CO)[C@H]2O)[C@H](O)[C@@H](O)[C@H]1O. The van der Waals surface area contributed by atoms with Crippen LogP contribution in [0.25, 0.3) is 0 Å². The molecule has 3 rings (SSSR count). The predicted octanol–water partition coefficient (Wildman–Crippen LogP) is -7.57. The average molecular weight is 504 g/mol. The van der Waals surface area contributed by atoms with Gasteiger partial charge in [0.25, 0.3) is 0 Å². The summed E-state index contributed by atoms with van der Waals surface area (Å²) in [6, 6.07) is 0. The standard InChI is InChI=1S/C18H32O16/c19-1-5-8(23)11(26)12(27)16(30-5)32-14-9(24)6(2-20)31-17(13(14)28)34-18(4-22)15(29)10(25)7(3-21)33-18/h5-17,19-29H,1-4H2/t5-,6-,7-,8+,9-,10-,11+,12-,13-,14+,15+,16-,17-,18+/m1/s1. The van der Waals surface area contributed by atoms with E-state index in [0.29, 0.717) is 0 Å². The molecule has 0 amide bonds. The fourth-order valence-corrected chi connectivity index (χ4v) is 4.11. The molecule has 0 aromatic carbocycles. The minimum Gasteiger partial charge on any atom is -0.394 e. The first-order valence-corrected chi connectivity index (χ1v) is 10.6. The minimum absolute atomic E-state index is 0.752. The van der Waals surface area contributed by atoms with Crippen LogP contribution in [0.2, 0.25) is 0 Å². The lowest BCUT2D eigenvalue weighted by Gasteiger charge is -2.47. The van der Waals surface area contributed by atoms with Gasteiger partial charge in [-0.2, -0.15) is 0 Å². The van der Waals surface area contributed by atoms with Gasteiger partial charge in [0.15, 0.2) is 12.6 Å². The second-order valence-corrected chi connectivity index (χ2v) is 8.37. The molecule has 0 saturated carbocycles. The molecule has 0 aromatic heterocycles. The maximum Gasteiger partial charge on any atom is 0.224 e. The maximum absolute atomic E-state index is 10.8. The largest absolute Gasteiger partial charge is 0.394 e. The third kappa shape index (κ3) is 4.96. The highest BCUT2D eigenvalue weighted by Crippen LogP contribution is 2.37. The van der Waals surface area contributed by atoms with E-state index in [1.165, 1.54) is 0 Å². The Kier molecular flexibility index (Phi) is 9.18. The molecule has 16 heteroatoms. The van der Waals surface area contributed by atoms with Gasteiger partial charge in [-0.1, -0.05) is 0 Å². The van der Waals surface area contributed by atoms with Crippen LogP contribution in [0.4, 0.5) is 0 Å². The molecule has 16 nitrogen and oxygen atoms in total. The third-order valence-corrected chi connectivity index (χ3v) is 6.18. The van der Waals surface area contributed by atoms with E-state index in [9.17, 15) is 56.2 Å². The zero-order chi connectivity index (χ0) is 25.4. The molecule has 11 N–H and O–H groups in total. The lowest BCUT2D eigenvalue weighted by atomic mass is 9.96. The first kappa shape index (κ1) is 27.9. The normalized spacial score (nSPS) is 52.1. The van der Waals surface area contributed by atoms with Crippen molar-refractivity contribution in [2.45, 2.75) is 85.5 Å². The minimum atomic E-state index is -2.38. The molecular formula is C18H32O16. The van der Waals surface area contributed by atoms with Crippen LogP contribution < -0.4 is 0 Å². The molecule has 200 valence electrons. The Hall–Kier alpha value is -0.640. The number of rotatable bonds is 8. The van der Waals surface area contributed by atoms with E-state index >= 15 is 0 Å². The van der Waals surface area contributed by atoms with Crippen molar-refractivity contribution in [3.8, 4) is 0 Å². The van der Waals surface area contributed by atoms with Crippen molar-refractivity contribution in [1.29, 1.82) is 0 Å². The number of aliphatic hydroxyl groups excluding tert-OH is 11. The van der Waals surface area contributed by atoms with E-state index in [-0.39, 0.29) is 0 Å². The van der Waals surface area contributed by atoms with E-state index in [1.807, 2.05) is 0 Å². The van der Waals surface area contributed by atoms with Gasteiger partial charge in [0.2, 0.25) is 5.79 Å². The molecule has 3 fully saturated rings. The van der Waals surface area contributed by atoms with Crippen LogP contribution in [-0.2, 0) is 23.7 Å². The second-order valence-electron chi connectivity index (χ2n) is 8.37. The fourth-order valence-electron chi connectivity index (χ4n) is 4.11. The summed E-state index contributed by atoms with van der Waals surface area (Å²) in [6.45, 7) is -3.42. The van der Waals surface area contributed by atoms with Crippen molar-refractivity contribution in [2.24, 2.45) is 0 Å². The Morgan fingerprint density at radius 3 is 1.68 bits per heavy atom. The van der Waals surface area contributed by atoms with Crippen molar-refractivity contribution in [1.82, 2.24) is 0 Å². The van der Waals surface area contributed by atoms with Gasteiger partial charge in [0, 0.05) is 0 Å². The van der Waals surface area contributed by atoms with Gasteiger partial charge < -0.3 is 79.9 Å². The topological polar surface area (TPSA) is 269 Å². The van der Waals surface area contributed by atoms with Gasteiger partial charge in [-0.25, -0.2) is 0 Å². The summed E-state index contributed by atoms with van der Waals surface area (Å²) < 4.78 is 26.6. The molecule has 0 unspecified atom stereocenters. The number of hydrogen-bond acceptors (Lipinski definition) is 16. The fraction of sp³-hybridized carbons (Fsp3) is 1.00. The van der Waals surface area contributed by atoms with Gasteiger partial charge in [-0.15, -0.1) is 0 Å². The lowest BCUT2D eigenvalue weighted by molar-refractivity contribution is -0.399. The van der Waals surface area contributed by atoms with Crippen LogP contribution in [0.5, 0.6) is 0 Å². The second kappa shape index (κ2) is 11.2. The van der Waals surface area contributed by atoms with Crippen LogP contribution in [0.15, 0.2) is 0 Å². The highest BCUT2D eigenvalue weighted by molar-refractivity contribution is 4.99. The number of aliphatic hydroxyl groups is 11. The van der Waals surface area contributed by atoms with Crippen molar-refractivity contribution in [3.05, 3.63) is 0 Å². The summed E-state index contributed by atoms with van der Waals surface area (Å²) >= 11 is 0. The van der Waals surface area contributed by atoms with E-state index in [2.05, 4.69) is 0 Å². The van der Waals surface area contributed by atoms with Crippen LogP contribution in [0.3, 0.4) is 0 Å². The van der Waals surface area contributed by atoms with Crippen molar-refractivity contribution in [3.63, 3.8) is 0 Å². The molecule has 14 atom stereocenters. The van der Waals surface area contributed by atoms with E-state index in [0.717, 1.165) is 0 Å². The van der Waals surface area contributed by atoms with Crippen LogP contribution in [-0.4, -0.2) is 168 Å². The van der Waals surface area contributed by atoms with E-state index < -0.39 is 112 Å². The maximum atomic E-state index is 10.8. The Balaban J connectivity index is 1.81. The molecule has 3 heterocycles. The van der Waals surface area contributed by atoms with E-state index in [1.54, 1.807) is 0 Å². The van der Waals surface area contributed by atoms with Crippen LogP contribution in [0.1, 0.15) is 0 Å². The molecule has 0 radical (unpaired) electrons. The van der Waals surface area contributed by atoms with Crippen LogP contribution >= 0.6 is 0 Å². The predicted molar refractivity (Wildman–Crippen MR) is 101 cm³/mol. The summed E-state index contributed by atoms with van der Waals surface area (Å²) in [5, 5.41) is 110. The summed E-state index contributed by atoms with van der Waals surface area (Å²) in [5.41, 5.74) is 0. The molecule has 0 aliphatic carbocycles. The van der Waals surface area contributed by atoms with Crippen molar-refractivity contribution >= 4 is 0 Å². The lowest BCUT2D eigenvalue weighted by Crippen LogP contribution is -2.66. The van der Waals surface area contributed by atoms with Crippen molar-refractivity contribution in [2.75, 3.05) is 26.4 Å². The molecule has 3 aliphatic rings. The zero-order valence-electron chi connectivity index (χ0n) is 17.8. The Morgan fingerprint density at radius 2 is 1.15 bits per heavy atom.